The lowest BCUT2D eigenvalue weighted by atomic mass is 10.1. The SMILES string of the molecule is Cc1ccc2c(c1)N=C/C([n+]1ccc(Cc3ccccc3)cc1)=C\Nc1cc(C)ccc1N=C/C([n+]1ccc(Cc3ccccc3)cc1)=C\N2. The zero-order valence-corrected chi connectivity index (χ0v) is 28.4. The fraction of sp³-hybridized carbons (Fsp3) is 0.0909. The molecule has 0 amide bonds. The topological polar surface area (TPSA) is 56.5 Å². The first-order chi connectivity index (χ1) is 24.6. The highest BCUT2D eigenvalue weighted by Crippen LogP contribution is 2.29. The van der Waals surface area contributed by atoms with Crippen LogP contribution in [-0.4, -0.2) is 12.4 Å². The van der Waals surface area contributed by atoms with E-state index in [2.05, 4.69) is 168 Å². The van der Waals surface area contributed by atoms with Crippen molar-refractivity contribution in [2.75, 3.05) is 10.6 Å². The molecule has 0 unspecified atom stereocenters. The summed E-state index contributed by atoms with van der Waals surface area (Å²) in [5.74, 6) is 0. The first kappa shape index (κ1) is 32.2. The molecule has 0 saturated heterocycles. The van der Waals surface area contributed by atoms with Gasteiger partial charge in [0.05, 0.1) is 35.1 Å². The molecule has 6 aromatic rings. The van der Waals surface area contributed by atoms with Gasteiger partial charge in [0.2, 0.25) is 11.4 Å². The number of aliphatic imine (C=N–C) groups is 2. The standard InChI is InChI=1S/C44H40N6/c1-33-13-15-41-43(25-33)47-31-40(50-23-19-38(20-24-50)28-36-11-7-4-8-12-36)32-48-44-26-34(2)14-16-42(44)46-30-39(29-45-41)49-21-17-37(18-22-49)27-35-9-5-3-6-10-35/h3-26,29-32,45,48H,27-28H2,1-2H3/q+2/b39-29+,40-32+,46-30?,47-31?. The number of allylic oxidation sites excluding steroid dienone is 2. The minimum absolute atomic E-state index is 0.826. The smallest absolute Gasteiger partial charge is 0.245 e. The van der Waals surface area contributed by atoms with Gasteiger partial charge in [0.1, 0.15) is 12.4 Å². The summed E-state index contributed by atoms with van der Waals surface area (Å²) in [4.78, 5) is 10.0. The molecule has 4 aromatic carbocycles. The van der Waals surface area contributed by atoms with E-state index in [1.165, 1.54) is 22.3 Å². The van der Waals surface area contributed by atoms with Crippen LogP contribution >= 0.6 is 0 Å². The quantitative estimate of drug-likeness (QED) is 0.177. The molecule has 0 radical (unpaired) electrons. The minimum atomic E-state index is 0.826. The zero-order chi connectivity index (χ0) is 34.1. The number of aromatic nitrogens is 2. The first-order valence-electron chi connectivity index (χ1n) is 16.9. The molecule has 6 nitrogen and oxygen atoms in total. The molecule has 1 aliphatic heterocycles. The Labute approximate surface area is 294 Å². The molecule has 244 valence electrons. The molecule has 6 heteroatoms. The van der Waals surface area contributed by atoms with E-state index in [1.54, 1.807) is 0 Å². The summed E-state index contributed by atoms with van der Waals surface area (Å²) in [5.41, 5.74) is 12.5. The third kappa shape index (κ3) is 8.17. The summed E-state index contributed by atoms with van der Waals surface area (Å²) in [5, 5.41) is 7.09. The Morgan fingerprint density at radius 2 is 0.920 bits per heavy atom. The van der Waals surface area contributed by atoms with Gasteiger partial charge in [0.15, 0.2) is 24.8 Å². The molecular formula is C44H40N6+2. The van der Waals surface area contributed by atoms with Crippen molar-refractivity contribution in [3.63, 3.8) is 0 Å². The van der Waals surface area contributed by atoms with E-state index >= 15 is 0 Å². The molecule has 0 atom stereocenters. The Kier molecular flexibility index (Phi) is 9.79. The van der Waals surface area contributed by atoms with Crippen LogP contribution in [0.4, 0.5) is 22.7 Å². The van der Waals surface area contributed by atoms with Gasteiger partial charge in [-0.1, -0.05) is 72.8 Å². The van der Waals surface area contributed by atoms with Crippen molar-refractivity contribution in [2.45, 2.75) is 26.7 Å². The predicted octanol–water partition coefficient (Wildman–Crippen LogP) is 9.00. The fourth-order valence-corrected chi connectivity index (χ4v) is 5.84. The first-order valence-corrected chi connectivity index (χ1v) is 16.9. The maximum Gasteiger partial charge on any atom is 0.245 e. The molecule has 0 bridgehead atoms. The molecule has 7 rings (SSSR count). The highest BCUT2D eigenvalue weighted by molar-refractivity contribution is 6.02. The number of nitrogens with one attached hydrogen (secondary N) is 2. The number of nitrogens with zero attached hydrogens (tertiary/aromatic N) is 4. The number of anilines is 2. The molecule has 3 heterocycles. The summed E-state index contributed by atoms with van der Waals surface area (Å²) >= 11 is 0. The second-order valence-electron chi connectivity index (χ2n) is 12.5. The van der Waals surface area contributed by atoms with Crippen LogP contribution in [0.15, 0.2) is 168 Å². The lowest BCUT2D eigenvalue weighted by molar-refractivity contribution is -0.576. The van der Waals surface area contributed by atoms with Crippen molar-refractivity contribution in [3.8, 4) is 0 Å². The van der Waals surface area contributed by atoms with Crippen molar-refractivity contribution < 1.29 is 9.13 Å². The molecule has 0 aliphatic carbocycles. The van der Waals surface area contributed by atoms with Crippen LogP contribution in [0.1, 0.15) is 33.4 Å². The zero-order valence-electron chi connectivity index (χ0n) is 28.4. The second-order valence-corrected chi connectivity index (χ2v) is 12.5. The Hall–Kier alpha value is -6.40. The Morgan fingerprint density at radius 3 is 1.48 bits per heavy atom. The van der Waals surface area contributed by atoms with Gasteiger partial charge in [-0.2, -0.15) is 9.13 Å². The van der Waals surface area contributed by atoms with E-state index in [-0.39, 0.29) is 0 Å². The van der Waals surface area contributed by atoms with Gasteiger partial charge in [0.25, 0.3) is 0 Å². The molecule has 0 fully saturated rings. The summed E-state index contributed by atoms with van der Waals surface area (Å²) < 4.78 is 4.15. The fourth-order valence-electron chi connectivity index (χ4n) is 5.84. The number of pyridine rings is 2. The van der Waals surface area contributed by atoms with Crippen LogP contribution in [0.2, 0.25) is 0 Å². The molecule has 0 saturated carbocycles. The van der Waals surface area contributed by atoms with E-state index in [4.69, 9.17) is 9.98 Å². The van der Waals surface area contributed by atoms with Crippen LogP contribution in [0.5, 0.6) is 0 Å². The van der Waals surface area contributed by atoms with Gasteiger partial charge in [-0.25, -0.2) is 9.98 Å². The van der Waals surface area contributed by atoms with Crippen molar-refractivity contribution in [3.05, 3.63) is 192 Å². The van der Waals surface area contributed by atoms with E-state index in [9.17, 15) is 0 Å². The third-order valence-electron chi connectivity index (χ3n) is 8.62. The molecule has 2 N–H and O–H groups in total. The van der Waals surface area contributed by atoms with Gasteiger partial charge in [-0.05, 0) is 84.3 Å². The Bertz CT molecular complexity index is 2200. The molecule has 1 aliphatic rings. The Morgan fingerprint density at radius 1 is 0.460 bits per heavy atom. The van der Waals surface area contributed by atoms with Crippen LogP contribution in [-0.2, 0) is 12.8 Å². The van der Waals surface area contributed by atoms with E-state index in [0.29, 0.717) is 0 Å². The maximum atomic E-state index is 5.02. The summed E-state index contributed by atoms with van der Waals surface area (Å²) in [6.45, 7) is 4.17. The Balaban J connectivity index is 1.24. The van der Waals surface area contributed by atoms with E-state index < -0.39 is 0 Å². The monoisotopic (exact) mass is 652 g/mol. The summed E-state index contributed by atoms with van der Waals surface area (Å²) in [6.07, 6.45) is 17.9. The molecule has 50 heavy (non-hydrogen) atoms. The van der Waals surface area contributed by atoms with Crippen LogP contribution in [0, 0.1) is 13.8 Å². The van der Waals surface area contributed by atoms with Crippen molar-refractivity contribution >= 4 is 46.6 Å². The summed E-state index contributed by atoms with van der Waals surface area (Å²) in [7, 11) is 0. The largest absolute Gasteiger partial charge is 0.354 e. The van der Waals surface area contributed by atoms with Gasteiger partial charge in [0, 0.05) is 24.3 Å². The maximum absolute atomic E-state index is 5.02. The van der Waals surface area contributed by atoms with Crippen LogP contribution in [0.3, 0.4) is 0 Å². The highest BCUT2D eigenvalue weighted by atomic mass is 15.0. The third-order valence-corrected chi connectivity index (χ3v) is 8.62. The average molecular weight is 653 g/mol. The predicted molar refractivity (Wildman–Crippen MR) is 206 cm³/mol. The lowest BCUT2D eigenvalue weighted by Crippen LogP contribution is -2.33. The van der Waals surface area contributed by atoms with Crippen molar-refractivity contribution in [1.29, 1.82) is 0 Å². The lowest BCUT2D eigenvalue weighted by Gasteiger charge is -2.10. The number of hydrogen-bond donors (Lipinski definition) is 2. The van der Waals surface area contributed by atoms with Gasteiger partial charge in [-0.3, -0.25) is 0 Å². The number of hydrogen-bond acceptors (Lipinski definition) is 4. The average Bonchev–Trinajstić information content (AvgIpc) is 3.14. The highest BCUT2D eigenvalue weighted by Gasteiger charge is 2.14. The minimum Gasteiger partial charge on any atom is -0.354 e. The number of rotatable bonds is 6. The molecule has 0 spiro atoms. The number of fused-ring (bicyclic) bond motifs is 2. The van der Waals surface area contributed by atoms with E-state index in [1.807, 2.05) is 37.0 Å². The van der Waals surface area contributed by atoms with Crippen LogP contribution in [0.25, 0.3) is 11.4 Å². The number of benzene rings is 4. The molecular weight excluding hydrogens is 613 g/mol. The summed E-state index contributed by atoms with van der Waals surface area (Å²) in [6, 6.07) is 42.2. The van der Waals surface area contributed by atoms with E-state index in [0.717, 1.165) is 58.1 Å². The normalized spacial score (nSPS) is 14.8. The van der Waals surface area contributed by atoms with Crippen molar-refractivity contribution in [1.82, 2.24) is 0 Å². The van der Waals surface area contributed by atoms with Gasteiger partial charge < -0.3 is 10.6 Å². The van der Waals surface area contributed by atoms with Crippen molar-refractivity contribution in [2.24, 2.45) is 9.98 Å². The molecule has 2 aromatic heterocycles. The second kappa shape index (κ2) is 15.2. The van der Waals surface area contributed by atoms with Crippen LogP contribution < -0.4 is 19.8 Å². The van der Waals surface area contributed by atoms with Gasteiger partial charge >= 0.3 is 0 Å². The number of aryl methyl sites for hydroxylation is 2. The van der Waals surface area contributed by atoms with Gasteiger partial charge in [-0.15, -0.1) is 0 Å².